The molecule has 1 aliphatic heterocycles. The number of ether oxygens (including phenoxy) is 2. The first-order chi connectivity index (χ1) is 14.0. The summed E-state index contributed by atoms with van der Waals surface area (Å²) in [6.07, 6.45) is 0. The topological polar surface area (TPSA) is 18.5 Å². The lowest BCUT2D eigenvalue weighted by Gasteiger charge is -2.32. The number of aryl methyl sites for hydroxylation is 1. The minimum absolute atomic E-state index is 0.0575. The van der Waals surface area contributed by atoms with Crippen LogP contribution in [0.1, 0.15) is 35.1 Å². The maximum absolute atomic E-state index is 6.98. The standard InChI is InChI=1S/C25H22Cl2O2/c1-3-28-19-14-12-18(13-15-19)24-23(25(24,26)27)22(17-10-8-16(2)9-11-17)20-6-4-5-7-21(20)29-24/h4-15,22-23H,3H2,1-2H3/t22-,23-,24-/m0/s1. The molecule has 3 aromatic rings. The molecule has 2 nitrogen and oxygen atoms in total. The van der Waals surface area contributed by atoms with Gasteiger partial charge in [0.15, 0.2) is 9.93 Å². The second kappa shape index (κ2) is 6.68. The predicted molar refractivity (Wildman–Crippen MR) is 117 cm³/mol. The van der Waals surface area contributed by atoms with E-state index in [1.807, 2.05) is 49.4 Å². The van der Waals surface area contributed by atoms with Crippen LogP contribution >= 0.6 is 23.2 Å². The van der Waals surface area contributed by atoms with E-state index >= 15 is 0 Å². The maximum Gasteiger partial charge on any atom is 0.174 e. The summed E-state index contributed by atoms with van der Waals surface area (Å²) in [6.45, 7) is 4.69. The summed E-state index contributed by atoms with van der Waals surface area (Å²) in [5.41, 5.74) is 3.75. The van der Waals surface area contributed by atoms with Crippen molar-refractivity contribution in [1.29, 1.82) is 0 Å². The van der Waals surface area contributed by atoms with Gasteiger partial charge in [-0.25, -0.2) is 0 Å². The summed E-state index contributed by atoms with van der Waals surface area (Å²) in [4.78, 5) is 0. The average molecular weight is 425 g/mol. The van der Waals surface area contributed by atoms with E-state index in [2.05, 4.69) is 37.3 Å². The molecule has 0 saturated heterocycles. The number of hydrogen-bond acceptors (Lipinski definition) is 2. The highest BCUT2D eigenvalue weighted by Crippen LogP contribution is 2.77. The van der Waals surface area contributed by atoms with Gasteiger partial charge in [0.2, 0.25) is 0 Å². The van der Waals surface area contributed by atoms with E-state index in [1.54, 1.807) is 0 Å². The highest BCUT2D eigenvalue weighted by molar-refractivity contribution is 6.52. The molecular weight excluding hydrogens is 403 g/mol. The molecular formula is C25H22Cl2O2. The summed E-state index contributed by atoms with van der Waals surface area (Å²) in [6, 6.07) is 24.7. The van der Waals surface area contributed by atoms with E-state index in [0.29, 0.717) is 6.61 Å². The van der Waals surface area contributed by atoms with Gasteiger partial charge in [-0.1, -0.05) is 83.4 Å². The Hall–Kier alpha value is -2.16. The molecule has 1 saturated carbocycles. The molecule has 1 aliphatic carbocycles. The molecule has 0 unspecified atom stereocenters. The maximum atomic E-state index is 6.98. The van der Waals surface area contributed by atoms with Gasteiger partial charge < -0.3 is 9.47 Å². The molecule has 3 aromatic carbocycles. The summed E-state index contributed by atoms with van der Waals surface area (Å²) >= 11 is 14.0. The molecule has 1 heterocycles. The third-order valence-corrected chi connectivity index (χ3v) is 7.16. The molecule has 2 aliphatic rings. The fourth-order valence-electron chi connectivity index (χ4n) is 4.71. The number of rotatable bonds is 4. The zero-order valence-electron chi connectivity index (χ0n) is 16.4. The largest absolute Gasteiger partial charge is 0.494 e. The van der Waals surface area contributed by atoms with Crippen LogP contribution in [0.15, 0.2) is 72.8 Å². The van der Waals surface area contributed by atoms with Gasteiger partial charge >= 0.3 is 0 Å². The summed E-state index contributed by atoms with van der Waals surface area (Å²) in [7, 11) is 0. The van der Waals surface area contributed by atoms with E-state index in [1.165, 1.54) is 11.1 Å². The molecule has 0 bridgehead atoms. The minimum Gasteiger partial charge on any atom is -0.494 e. The van der Waals surface area contributed by atoms with Crippen LogP contribution in [0, 0.1) is 12.8 Å². The van der Waals surface area contributed by atoms with Crippen molar-refractivity contribution >= 4 is 23.2 Å². The highest BCUT2D eigenvalue weighted by Gasteiger charge is 2.83. The Morgan fingerprint density at radius 1 is 0.931 bits per heavy atom. The second-order valence-corrected chi connectivity index (χ2v) is 9.21. The van der Waals surface area contributed by atoms with Gasteiger partial charge in [0.1, 0.15) is 11.5 Å². The first-order valence-electron chi connectivity index (χ1n) is 9.94. The second-order valence-electron chi connectivity index (χ2n) is 7.82. The molecule has 1 fully saturated rings. The quantitative estimate of drug-likeness (QED) is 0.438. The zero-order valence-corrected chi connectivity index (χ0v) is 17.9. The highest BCUT2D eigenvalue weighted by atomic mass is 35.5. The van der Waals surface area contributed by atoms with Crippen molar-refractivity contribution in [2.45, 2.75) is 29.7 Å². The van der Waals surface area contributed by atoms with Gasteiger partial charge in [0.25, 0.3) is 0 Å². The minimum atomic E-state index is -1.03. The van der Waals surface area contributed by atoms with Crippen molar-refractivity contribution in [2.24, 2.45) is 5.92 Å². The van der Waals surface area contributed by atoms with Crippen LogP contribution in [0.5, 0.6) is 11.5 Å². The number of benzene rings is 3. The Labute approximate surface area is 181 Å². The van der Waals surface area contributed by atoms with Crippen molar-refractivity contribution in [3.63, 3.8) is 0 Å². The summed E-state index contributed by atoms with van der Waals surface area (Å²) in [5, 5.41) is 0. The van der Waals surface area contributed by atoms with Crippen LogP contribution in [-0.2, 0) is 5.60 Å². The van der Waals surface area contributed by atoms with E-state index in [-0.39, 0.29) is 11.8 Å². The average Bonchev–Trinajstić information content (AvgIpc) is 3.23. The lowest BCUT2D eigenvalue weighted by Crippen LogP contribution is -2.28. The predicted octanol–water partition coefficient (Wildman–Crippen LogP) is 6.62. The number of fused-ring (bicyclic) bond motifs is 2. The Morgan fingerprint density at radius 3 is 2.31 bits per heavy atom. The Morgan fingerprint density at radius 2 is 1.62 bits per heavy atom. The van der Waals surface area contributed by atoms with Crippen LogP contribution in [-0.4, -0.2) is 10.9 Å². The summed E-state index contributed by atoms with van der Waals surface area (Å²) < 4.78 is 11.1. The van der Waals surface area contributed by atoms with Gasteiger partial charge in [-0.05, 0) is 43.2 Å². The number of para-hydroxylation sites is 1. The molecule has 0 amide bonds. The Bertz CT molecular complexity index is 1040. The smallest absolute Gasteiger partial charge is 0.174 e. The molecule has 4 heteroatoms. The Kier molecular flexibility index (Phi) is 4.34. The van der Waals surface area contributed by atoms with Crippen molar-refractivity contribution in [2.75, 3.05) is 6.61 Å². The van der Waals surface area contributed by atoms with Crippen LogP contribution < -0.4 is 9.47 Å². The molecule has 148 valence electrons. The first-order valence-corrected chi connectivity index (χ1v) is 10.7. The Balaban J connectivity index is 1.65. The van der Waals surface area contributed by atoms with Gasteiger partial charge in [-0.15, -0.1) is 0 Å². The lowest BCUT2D eigenvalue weighted by atomic mass is 9.82. The van der Waals surface area contributed by atoms with Crippen molar-refractivity contribution in [3.05, 3.63) is 95.1 Å². The van der Waals surface area contributed by atoms with Crippen LogP contribution in [0.2, 0.25) is 0 Å². The number of hydrogen-bond donors (Lipinski definition) is 0. The van der Waals surface area contributed by atoms with Crippen LogP contribution in [0.3, 0.4) is 0 Å². The number of alkyl halides is 2. The zero-order chi connectivity index (χ0) is 20.2. The molecule has 29 heavy (non-hydrogen) atoms. The van der Waals surface area contributed by atoms with E-state index < -0.39 is 9.93 Å². The molecule has 5 rings (SSSR count). The van der Waals surface area contributed by atoms with Gasteiger partial charge in [0, 0.05) is 11.5 Å². The van der Waals surface area contributed by atoms with Crippen molar-refractivity contribution in [3.8, 4) is 11.5 Å². The molecule has 3 atom stereocenters. The molecule has 0 spiro atoms. The van der Waals surface area contributed by atoms with Gasteiger partial charge in [-0.3, -0.25) is 0 Å². The van der Waals surface area contributed by atoms with Crippen LogP contribution in [0.25, 0.3) is 0 Å². The molecule has 0 aromatic heterocycles. The van der Waals surface area contributed by atoms with Gasteiger partial charge in [0.05, 0.1) is 12.5 Å². The van der Waals surface area contributed by atoms with Crippen LogP contribution in [0.4, 0.5) is 0 Å². The number of halogens is 2. The molecule has 0 radical (unpaired) electrons. The normalized spacial score (nSPS) is 26.1. The van der Waals surface area contributed by atoms with Crippen molar-refractivity contribution in [1.82, 2.24) is 0 Å². The third kappa shape index (κ3) is 2.69. The van der Waals surface area contributed by atoms with Gasteiger partial charge in [-0.2, -0.15) is 0 Å². The first kappa shape index (κ1) is 18.8. The third-order valence-electron chi connectivity index (χ3n) is 6.13. The van der Waals surface area contributed by atoms with E-state index in [9.17, 15) is 0 Å². The van der Waals surface area contributed by atoms with E-state index in [4.69, 9.17) is 32.7 Å². The fourth-order valence-corrected chi connectivity index (χ4v) is 5.69. The van der Waals surface area contributed by atoms with Crippen molar-refractivity contribution < 1.29 is 9.47 Å². The SMILES string of the molecule is CCOc1ccc([C@]23Oc4ccccc4[C@H](c4ccc(C)cc4)[C@@H]2C3(Cl)Cl)cc1. The summed E-state index contributed by atoms with van der Waals surface area (Å²) in [5.74, 6) is 1.63. The fraction of sp³-hybridized carbons (Fsp3) is 0.280. The monoisotopic (exact) mass is 424 g/mol. The van der Waals surface area contributed by atoms with E-state index in [0.717, 1.165) is 22.6 Å². The molecule has 0 N–H and O–H groups in total. The lowest BCUT2D eigenvalue weighted by molar-refractivity contribution is 0.137.